The SMILES string of the molecule is CC(C)CC(CC(=O)NO)C(=O)N[C@@H](C)C(=O)N[C@@H](CS)C(=O)NCC(=O)NCC(=O)N[C@@H](CCCCNC(=O)CCCC[C@@H]1SC[C@@H]2NC(=O)N[C@@H]21)C(N)=O. The number of thioether (sulfide) groups is 1. The molecule has 0 aromatic carbocycles. The lowest BCUT2D eigenvalue weighted by atomic mass is 9.93. The maximum absolute atomic E-state index is 12.7. The van der Waals surface area contributed by atoms with E-state index in [0.29, 0.717) is 37.5 Å². The van der Waals surface area contributed by atoms with Crippen molar-refractivity contribution in [3.05, 3.63) is 0 Å². The summed E-state index contributed by atoms with van der Waals surface area (Å²) in [7, 11) is 0. The van der Waals surface area contributed by atoms with Crippen LogP contribution in [0.2, 0.25) is 0 Å². The number of hydroxylamine groups is 1. The summed E-state index contributed by atoms with van der Waals surface area (Å²) in [4.78, 5) is 110. The molecule has 22 heteroatoms. The number of urea groups is 1. The summed E-state index contributed by atoms with van der Waals surface area (Å²) in [5.74, 6) is -5.13. The van der Waals surface area contributed by atoms with Crippen LogP contribution in [0, 0.1) is 11.8 Å². The van der Waals surface area contributed by atoms with Crippen molar-refractivity contribution in [2.45, 2.75) is 114 Å². The molecular formula is C34H58N10O10S2. The van der Waals surface area contributed by atoms with E-state index in [-0.39, 0.29) is 48.5 Å². The van der Waals surface area contributed by atoms with Gasteiger partial charge in [-0.1, -0.05) is 20.3 Å². The molecule has 0 saturated carbocycles. The van der Waals surface area contributed by atoms with E-state index >= 15 is 0 Å². The van der Waals surface area contributed by atoms with Crippen molar-refractivity contribution in [1.82, 2.24) is 48.0 Å². The van der Waals surface area contributed by atoms with E-state index in [2.05, 4.69) is 55.2 Å². The number of hydrogen-bond acceptors (Lipinski definition) is 12. The van der Waals surface area contributed by atoms with Gasteiger partial charge in [-0.15, -0.1) is 0 Å². The highest BCUT2D eigenvalue weighted by atomic mass is 32.2. The number of primary amides is 1. The van der Waals surface area contributed by atoms with Gasteiger partial charge in [0.1, 0.15) is 18.1 Å². The average molecular weight is 831 g/mol. The van der Waals surface area contributed by atoms with Crippen molar-refractivity contribution >= 4 is 77.7 Å². The van der Waals surface area contributed by atoms with Crippen molar-refractivity contribution in [2.75, 3.05) is 31.1 Å². The molecule has 7 atom stereocenters. The Bertz CT molecular complexity index is 1410. The van der Waals surface area contributed by atoms with Crippen molar-refractivity contribution in [3.8, 4) is 0 Å². The summed E-state index contributed by atoms with van der Waals surface area (Å²) in [5, 5.41) is 29.9. The minimum absolute atomic E-state index is 0.0426. The monoisotopic (exact) mass is 830 g/mol. The molecule has 0 bridgehead atoms. The highest BCUT2D eigenvalue weighted by Crippen LogP contribution is 2.33. The van der Waals surface area contributed by atoms with Gasteiger partial charge < -0.3 is 48.3 Å². The Morgan fingerprint density at radius 3 is 2.20 bits per heavy atom. The molecule has 56 heavy (non-hydrogen) atoms. The van der Waals surface area contributed by atoms with Gasteiger partial charge in [0.2, 0.25) is 47.3 Å². The number of rotatable bonds is 26. The van der Waals surface area contributed by atoms with Gasteiger partial charge in [0.25, 0.3) is 0 Å². The molecule has 2 heterocycles. The summed E-state index contributed by atoms with van der Waals surface area (Å²) in [6, 6.07) is -3.10. The second kappa shape index (κ2) is 25.0. The van der Waals surface area contributed by atoms with E-state index in [1.54, 1.807) is 0 Å². The number of carbonyl (C=O) groups excluding carboxylic acids is 9. The minimum atomic E-state index is -1.19. The Morgan fingerprint density at radius 1 is 0.821 bits per heavy atom. The van der Waals surface area contributed by atoms with Gasteiger partial charge in [-0.3, -0.25) is 43.6 Å². The smallest absolute Gasteiger partial charge is 0.315 e. The fourth-order valence-corrected chi connectivity index (χ4v) is 7.94. The predicted octanol–water partition coefficient (Wildman–Crippen LogP) is -2.32. The third kappa shape index (κ3) is 17.7. The van der Waals surface area contributed by atoms with Crippen molar-refractivity contribution in [1.29, 1.82) is 0 Å². The van der Waals surface area contributed by atoms with Crippen LogP contribution in [0.3, 0.4) is 0 Å². The molecule has 20 nitrogen and oxygen atoms in total. The lowest BCUT2D eigenvalue weighted by Gasteiger charge is -2.22. The molecule has 2 rings (SSSR count). The first-order valence-corrected chi connectivity index (χ1v) is 20.5. The van der Waals surface area contributed by atoms with Crippen LogP contribution in [0.1, 0.15) is 78.6 Å². The van der Waals surface area contributed by atoms with Crippen LogP contribution in [0.25, 0.3) is 0 Å². The highest BCUT2D eigenvalue weighted by molar-refractivity contribution is 8.00. The fraction of sp³-hybridized carbons (Fsp3) is 0.735. The number of hydrogen-bond donors (Lipinski definition) is 12. The Hall–Kier alpha value is -4.31. The highest BCUT2D eigenvalue weighted by Gasteiger charge is 2.42. The van der Waals surface area contributed by atoms with Gasteiger partial charge in [0.15, 0.2) is 0 Å². The Morgan fingerprint density at radius 2 is 1.54 bits per heavy atom. The van der Waals surface area contributed by atoms with Gasteiger partial charge in [0.05, 0.1) is 25.2 Å². The topological polar surface area (TPSA) is 308 Å². The molecule has 0 aromatic heterocycles. The number of carbonyl (C=O) groups is 9. The third-order valence-corrected chi connectivity index (χ3v) is 11.0. The summed E-state index contributed by atoms with van der Waals surface area (Å²) < 4.78 is 0. The van der Waals surface area contributed by atoms with Crippen molar-refractivity contribution in [2.24, 2.45) is 17.6 Å². The average Bonchev–Trinajstić information content (AvgIpc) is 3.70. The summed E-state index contributed by atoms with van der Waals surface area (Å²) in [6.07, 6.45) is 4.17. The van der Waals surface area contributed by atoms with Gasteiger partial charge in [-0.05, 0) is 51.4 Å². The van der Waals surface area contributed by atoms with Crippen LogP contribution < -0.4 is 53.7 Å². The molecule has 0 aliphatic carbocycles. The van der Waals surface area contributed by atoms with Gasteiger partial charge in [0, 0.05) is 42.1 Å². The Kier molecular flexibility index (Phi) is 21.4. The van der Waals surface area contributed by atoms with Crippen LogP contribution in [-0.4, -0.2) is 125 Å². The first-order chi connectivity index (χ1) is 26.5. The summed E-state index contributed by atoms with van der Waals surface area (Å²) in [6.45, 7) is 4.40. The zero-order valence-corrected chi connectivity index (χ0v) is 33.8. The lowest BCUT2D eigenvalue weighted by molar-refractivity contribution is -0.136. The van der Waals surface area contributed by atoms with Crippen LogP contribution >= 0.6 is 24.4 Å². The quantitative estimate of drug-likeness (QED) is 0.0144. The number of thiol groups is 1. The van der Waals surface area contributed by atoms with Crippen LogP contribution in [0.15, 0.2) is 0 Å². The molecule has 0 spiro atoms. The van der Waals surface area contributed by atoms with Gasteiger partial charge >= 0.3 is 6.03 Å². The molecule has 2 fully saturated rings. The molecule has 2 saturated heterocycles. The van der Waals surface area contributed by atoms with E-state index in [0.717, 1.165) is 25.0 Å². The van der Waals surface area contributed by atoms with Gasteiger partial charge in [-0.2, -0.15) is 24.4 Å². The molecule has 0 radical (unpaired) electrons. The first-order valence-electron chi connectivity index (χ1n) is 18.8. The van der Waals surface area contributed by atoms with Crippen molar-refractivity contribution < 1.29 is 48.4 Å². The number of nitrogens with one attached hydrogen (secondary N) is 9. The van der Waals surface area contributed by atoms with E-state index in [1.165, 1.54) is 12.4 Å². The Balaban J connectivity index is 1.62. The molecule has 316 valence electrons. The first kappa shape index (κ1) is 47.8. The molecule has 0 aromatic rings. The van der Waals surface area contributed by atoms with Crippen LogP contribution in [0.5, 0.6) is 0 Å². The largest absolute Gasteiger partial charge is 0.368 e. The second-order valence-electron chi connectivity index (χ2n) is 14.3. The van der Waals surface area contributed by atoms with E-state index in [1.807, 2.05) is 25.6 Å². The fourth-order valence-electron chi connectivity index (χ4n) is 6.14. The molecule has 12 N–H and O–H groups in total. The van der Waals surface area contributed by atoms with Crippen LogP contribution in [0.4, 0.5) is 4.79 Å². The van der Waals surface area contributed by atoms with E-state index in [9.17, 15) is 43.2 Å². The maximum Gasteiger partial charge on any atom is 0.315 e. The molecule has 10 amide bonds. The second-order valence-corrected chi connectivity index (χ2v) is 15.9. The van der Waals surface area contributed by atoms with E-state index in [4.69, 9.17) is 10.9 Å². The molecule has 1 unspecified atom stereocenters. The zero-order valence-electron chi connectivity index (χ0n) is 32.1. The number of amides is 10. The molecule has 2 aliphatic heterocycles. The third-order valence-electron chi connectivity index (χ3n) is 9.12. The standard InChI is InChI=1S/C34H58N10O10S2/c1-18(2)12-20(13-26(46)44-54)32(51)39-19(3)31(50)41-22(16-55)33(52)38-14-27(47)37-15-28(48)40-21(30(35)49)8-6-7-11-36-25(45)10-5-4-9-24-29-23(17-56-24)42-34(53)43-29/h18-24,29,54-55H,4-17H2,1-3H3,(H2,35,49)(H,36,45)(H,37,47)(H,38,52)(H,39,51)(H,40,48)(H,41,50)(H,44,46)(H2,42,43,53)/t19-,20?,21-,22-,23-,24-,29-/m0/s1. The minimum Gasteiger partial charge on any atom is -0.368 e. The van der Waals surface area contributed by atoms with Crippen LogP contribution in [-0.2, 0) is 38.4 Å². The number of nitrogens with two attached hydrogens (primary N) is 1. The molecular weight excluding hydrogens is 773 g/mol. The Labute approximate surface area is 336 Å². The number of fused-ring (bicyclic) bond motifs is 1. The summed E-state index contributed by atoms with van der Waals surface area (Å²) >= 11 is 5.91. The van der Waals surface area contributed by atoms with Gasteiger partial charge in [-0.25, -0.2) is 10.3 Å². The number of unbranched alkanes of at least 4 members (excludes halogenated alkanes) is 2. The lowest BCUT2D eigenvalue weighted by Crippen LogP contribution is -2.55. The zero-order chi connectivity index (χ0) is 41.8. The predicted molar refractivity (Wildman–Crippen MR) is 209 cm³/mol. The molecule has 2 aliphatic rings. The van der Waals surface area contributed by atoms with E-state index < -0.39 is 78.5 Å². The normalized spacial score (nSPS) is 19.2. The summed E-state index contributed by atoms with van der Waals surface area (Å²) in [5.41, 5.74) is 6.92. The maximum atomic E-state index is 12.7. The van der Waals surface area contributed by atoms with Crippen molar-refractivity contribution in [3.63, 3.8) is 0 Å².